The first-order valence-corrected chi connectivity index (χ1v) is 10.9. The van der Waals surface area contributed by atoms with E-state index in [1.54, 1.807) is 24.3 Å². The summed E-state index contributed by atoms with van der Waals surface area (Å²) in [5, 5.41) is 10.4. The van der Waals surface area contributed by atoms with Gasteiger partial charge in [-0.15, -0.1) is 0 Å². The number of rotatable bonds is 2. The zero-order chi connectivity index (χ0) is 19.3. The van der Waals surface area contributed by atoms with Gasteiger partial charge in [0.1, 0.15) is 0 Å². The Kier molecular flexibility index (Phi) is 4.08. The van der Waals surface area contributed by atoms with Gasteiger partial charge in [-0.3, -0.25) is 0 Å². The van der Waals surface area contributed by atoms with Crippen LogP contribution in [-0.4, -0.2) is 25.8 Å². The number of anilines is 1. The largest absolute Gasteiger partial charge is 0.366 e. The van der Waals surface area contributed by atoms with Crippen LogP contribution in [0.3, 0.4) is 0 Å². The molecule has 4 rings (SSSR count). The lowest BCUT2D eigenvalue weighted by molar-refractivity contribution is 0.316. The zero-order valence-electron chi connectivity index (χ0n) is 15.8. The minimum Gasteiger partial charge on any atom is -0.366 e. The maximum atomic E-state index is 13.9. The van der Waals surface area contributed by atoms with Crippen molar-refractivity contribution < 1.29 is 8.42 Å². The van der Waals surface area contributed by atoms with E-state index in [2.05, 4.69) is 11.0 Å². The molecule has 27 heavy (non-hydrogen) atoms. The number of hydrogen-bond donors (Lipinski definition) is 0. The fourth-order valence-corrected chi connectivity index (χ4v) is 7.29. The molecule has 0 radical (unpaired) electrons. The van der Waals surface area contributed by atoms with Gasteiger partial charge in [0.25, 0.3) is 0 Å². The average molecular weight is 381 g/mol. The molecule has 4 nitrogen and oxygen atoms in total. The molecule has 5 heteroatoms. The van der Waals surface area contributed by atoms with E-state index < -0.39 is 20.1 Å². The molecule has 140 valence electrons. The van der Waals surface area contributed by atoms with E-state index in [1.807, 2.05) is 38.2 Å². The van der Waals surface area contributed by atoms with Crippen LogP contribution in [0.1, 0.15) is 36.8 Å². The van der Waals surface area contributed by atoms with Crippen LogP contribution in [0, 0.1) is 18.3 Å². The van der Waals surface area contributed by atoms with Gasteiger partial charge in [0.05, 0.1) is 16.5 Å². The Bertz CT molecular complexity index is 1020. The number of nitriles is 1. The van der Waals surface area contributed by atoms with E-state index in [9.17, 15) is 13.7 Å². The summed E-state index contributed by atoms with van der Waals surface area (Å²) in [5.41, 5.74) is 2.28. The quantitative estimate of drug-likeness (QED) is 0.789. The van der Waals surface area contributed by atoms with Crippen LogP contribution in [0.2, 0.25) is 0 Å². The van der Waals surface area contributed by atoms with Gasteiger partial charge in [-0.2, -0.15) is 5.26 Å². The third-order valence-electron chi connectivity index (χ3n) is 6.59. The smallest absolute Gasteiger partial charge is 0.200 e. The van der Waals surface area contributed by atoms with Crippen molar-refractivity contribution in [1.29, 1.82) is 5.26 Å². The highest BCUT2D eigenvalue weighted by molar-refractivity contribution is 7.93. The Morgan fingerprint density at radius 2 is 1.67 bits per heavy atom. The number of nitrogens with zero attached hydrogens (tertiary/aromatic N) is 2. The lowest BCUT2D eigenvalue weighted by atomic mass is 9.73. The van der Waals surface area contributed by atoms with Crippen LogP contribution in [0.25, 0.3) is 0 Å². The van der Waals surface area contributed by atoms with Gasteiger partial charge in [-0.05, 0) is 43.5 Å². The molecule has 1 heterocycles. The molecule has 0 bridgehead atoms. The predicted octanol–water partition coefficient (Wildman–Crippen LogP) is 4.04. The Hall–Kier alpha value is -2.32. The number of fused-ring (bicyclic) bond motifs is 1. The molecular formula is C22H24N2O2S. The minimum atomic E-state index is -3.86. The molecule has 0 aromatic heterocycles. The minimum absolute atomic E-state index is 0.236. The molecule has 0 saturated heterocycles. The molecular weight excluding hydrogens is 356 g/mol. The maximum absolute atomic E-state index is 13.9. The van der Waals surface area contributed by atoms with Crippen molar-refractivity contribution in [2.45, 2.75) is 54.2 Å². The number of hydrogen-bond acceptors (Lipinski definition) is 4. The van der Waals surface area contributed by atoms with Crippen molar-refractivity contribution in [1.82, 2.24) is 0 Å². The van der Waals surface area contributed by atoms with Crippen molar-refractivity contribution in [3.63, 3.8) is 0 Å². The molecule has 0 N–H and O–H groups in total. The van der Waals surface area contributed by atoms with E-state index in [0.29, 0.717) is 0 Å². The molecule has 1 spiro atoms. The Labute approximate surface area is 161 Å². The van der Waals surface area contributed by atoms with E-state index >= 15 is 0 Å². The van der Waals surface area contributed by atoms with E-state index in [0.717, 1.165) is 42.5 Å². The molecule has 1 atom stereocenters. The highest BCUT2D eigenvalue weighted by Gasteiger charge is 2.65. The van der Waals surface area contributed by atoms with Gasteiger partial charge in [0.2, 0.25) is 0 Å². The van der Waals surface area contributed by atoms with Crippen LogP contribution in [0.15, 0.2) is 53.4 Å². The lowest BCUT2D eigenvalue weighted by Crippen LogP contribution is -2.68. The third-order valence-corrected chi connectivity index (χ3v) is 9.01. The Morgan fingerprint density at radius 1 is 1.04 bits per heavy atom. The fraction of sp³-hybridized carbons (Fsp3) is 0.409. The topological polar surface area (TPSA) is 61.2 Å². The van der Waals surface area contributed by atoms with E-state index in [1.165, 1.54) is 0 Å². The lowest BCUT2D eigenvalue weighted by Gasteiger charge is -2.54. The molecule has 2 aliphatic rings. The van der Waals surface area contributed by atoms with Crippen LogP contribution >= 0.6 is 0 Å². The van der Waals surface area contributed by atoms with Crippen LogP contribution in [0.4, 0.5) is 5.69 Å². The summed E-state index contributed by atoms with van der Waals surface area (Å²) in [4.78, 5) is 2.34. The highest BCUT2D eigenvalue weighted by atomic mass is 32.2. The molecule has 1 aliphatic heterocycles. The summed E-state index contributed by atoms with van der Waals surface area (Å²) in [6.45, 7) is 1.93. The number of para-hydroxylation sites is 1. The molecule has 1 fully saturated rings. The summed E-state index contributed by atoms with van der Waals surface area (Å²) in [5.74, 6) is 0. The Morgan fingerprint density at radius 3 is 2.30 bits per heavy atom. The van der Waals surface area contributed by atoms with Crippen molar-refractivity contribution in [3.05, 3.63) is 59.7 Å². The van der Waals surface area contributed by atoms with Gasteiger partial charge >= 0.3 is 0 Å². The summed E-state index contributed by atoms with van der Waals surface area (Å²) in [6, 6.07) is 17.1. The van der Waals surface area contributed by atoms with Crippen molar-refractivity contribution in [3.8, 4) is 6.07 Å². The van der Waals surface area contributed by atoms with Gasteiger partial charge in [-0.1, -0.05) is 48.7 Å². The van der Waals surface area contributed by atoms with Crippen LogP contribution < -0.4 is 4.90 Å². The fourth-order valence-electron chi connectivity index (χ4n) is 5.09. The molecule has 1 aliphatic carbocycles. The molecule has 2 aromatic carbocycles. The Balaban J connectivity index is 1.99. The second kappa shape index (κ2) is 6.10. The molecule has 1 saturated carbocycles. The zero-order valence-corrected chi connectivity index (χ0v) is 16.6. The molecule has 1 unspecified atom stereocenters. The second-order valence-corrected chi connectivity index (χ2v) is 10.0. The summed E-state index contributed by atoms with van der Waals surface area (Å²) >= 11 is 0. The maximum Gasteiger partial charge on any atom is 0.200 e. The normalized spacial score (nSPS) is 23.8. The van der Waals surface area contributed by atoms with Crippen LogP contribution in [0.5, 0.6) is 0 Å². The van der Waals surface area contributed by atoms with Crippen molar-refractivity contribution >= 4 is 15.5 Å². The van der Waals surface area contributed by atoms with Gasteiger partial charge in [0.15, 0.2) is 14.6 Å². The number of aryl methyl sites for hydroxylation is 1. The monoisotopic (exact) mass is 380 g/mol. The molecule has 2 aromatic rings. The standard InChI is InChI=1S/C22H24N2O2S/c1-17-9-11-19(12-10-17)27(25,26)22(16-23)15-18-7-3-4-8-20(18)24(2)21(22)13-5-6-14-21/h3-4,7-12H,5-6,13-15H2,1-2H3. The van der Waals surface area contributed by atoms with E-state index in [-0.39, 0.29) is 11.3 Å². The third kappa shape index (κ3) is 2.29. The highest BCUT2D eigenvalue weighted by Crippen LogP contribution is 2.54. The van der Waals surface area contributed by atoms with Crippen molar-refractivity contribution in [2.75, 3.05) is 11.9 Å². The predicted molar refractivity (Wildman–Crippen MR) is 106 cm³/mol. The first-order chi connectivity index (χ1) is 12.9. The van der Waals surface area contributed by atoms with E-state index in [4.69, 9.17) is 0 Å². The SMILES string of the molecule is Cc1ccc(S(=O)(=O)C2(C#N)Cc3ccccc3N(C)C23CCCC3)cc1. The summed E-state index contributed by atoms with van der Waals surface area (Å²) < 4.78 is 26.3. The van der Waals surface area contributed by atoms with Gasteiger partial charge < -0.3 is 4.90 Å². The van der Waals surface area contributed by atoms with Gasteiger partial charge in [0, 0.05) is 19.2 Å². The number of benzene rings is 2. The average Bonchev–Trinajstić information content (AvgIpc) is 3.16. The first-order valence-electron chi connectivity index (χ1n) is 9.42. The van der Waals surface area contributed by atoms with Crippen molar-refractivity contribution in [2.24, 2.45) is 0 Å². The summed E-state index contributed by atoms with van der Waals surface area (Å²) in [6.07, 6.45) is 3.56. The number of sulfone groups is 1. The second-order valence-electron chi connectivity index (χ2n) is 7.86. The van der Waals surface area contributed by atoms with Gasteiger partial charge in [-0.25, -0.2) is 8.42 Å². The van der Waals surface area contributed by atoms with Crippen LogP contribution in [-0.2, 0) is 16.3 Å². The first kappa shape index (κ1) is 18.1. The summed E-state index contributed by atoms with van der Waals surface area (Å²) in [7, 11) is -1.90. The molecule has 0 amide bonds.